The Hall–Kier alpha value is -0.430. The number of hydrogen-bond acceptors (Lipinski definition) is 4. The molecule has 0 atom stereocenters. The van der Waals surface area contributed by atoms with E-state index in [2.05, 4.69) is 0 Å². The first kappa shape index (κ1) is 14.0. The Labute approximate surface area is 113 Å². The average molecular weight is 288 g/mol. The van der Waals surface area contributed by atoms with Crippen molar-refractivity contribution in [2.75, 3.05) is 6.54 Å². The van der Waals surface area contributed by atoms with Crippen LogP contribution >= 0.6 is 11.3 Å². The SMILES string of the molecule is CCN(C1CCCC1)S(=O)(=O)c1cc(CN)cs1. The molecule has 0 saturated heterocycles. The smallest absolute Gasteiger partial charge is 0.252 e. The third kappa shape index (κ3) is 2.61. The van der Waals surface area contributed by atoms with Gasteiger partial charge < -0.3 is 5.73 Å². The Kier molecular flexibility index (Phi) is 4.42. The van der Waals surface area contributed by atoms with Crippen molar-refractivity contribution in [3.63, 3.8) is 0 Å². The molecule has 1 aromatic rings. The van der Waals surface area contributed by atoms with Crippen molar-refractivity contribution in [3.05, 3.63) is 17.0 Å². The van der Waals surface area contributed by atoms with Crippen molar-refractivity contribution in [2.45, 2.75) is 49.4 Å². The molecule has 0 amide bonds. The van der Waals surface area contributed by atoms with Gasteiger partial charge in [-0.2, -0.15) is 4.31 Å². The lowest BCUT2D eigenvalue weighted by molar-refractivity contribution is 0.336. The fourth-order valence-corrected chi connectivity index (χ4v) is 5.57. The summed E-state index contributed by atoms with van der Waals surface area (Å²) >= 11 is 1.27. The van der Waals surface area contributed by atoms with Gasteiger partial charge in [0.2, 0.25) is 0 Å². The minimum Gasteiger partial charge on any atom is -0.326 e. The molecule has 2 N–H and O–H groups in total. The molecule has 0 aliphatic heterocycles. The first-order valence-electron chi connectivity index (χ1n) is 6.39. The van der Waals surface area contributed by atoms with Gasteiger partial charge >= 0.3 is 0 Å². The molecule has 1 heterocycles. The van der Waals surface area contributed by atoms with Gasteiger partial charge in [0, 0.05) is 19.1 Å². The van der Waals surface area contributed by atoms with Crippen LogP contribution in [-0.2, 0) is 16.6 Å². The van der Waals surface area contributed by atoms with Gasteiger partial charge in [-0.05, 0) is 29.9 Å². The van der Waals surface area contributed by atoms with Crippen LogP contribution in [0.25, 0.3) is 0 Å². The second-order valence-corrected chi connectivity index (χ2v) is 7.65. The number of hydrogen-bond donors (Lipinski definition) is 1. The third-order valence-electron chi connectivity index (χ3n) is 3.47. The molecule has 1 fully saturated rings. The zero-order valence-corrected chi connectivity index (χ0v) is 12.3. The van der Waals surface area contributed by atoms with E-state index in [1.165, 1.54) is 11.3 Å². The van der Waals surface area contributed by atoms with Gasteiger partial charge in [-0.1, -0.05) is 19.8 Å². The fourth-order valence-electron chi connectivity index (χ4n) is 2.53. The monoisotopic (exact) mass is 288 g/mol. The second kappa shape index (κ2) is 5.69. The van der Waals surface area contributed by atoms with Crippen LogP contribution in [0.1, 0.15) is 38.2 Å². The van der Waals surface area contributed by atoms with Crippen LogP contribution < -0.4 is 5.73 Å². The maximum atomic E-state index is 12.6. The first-order valence-corrected chi connectivity index (χ1v) is 8.71. The van der Waals surface area contributed by atoms with Crippen LogP contribution in [0.3, 0.4) is 0 Å². The Morgan fingerprint density at radius 3 is 2.61 bits per heavy atom. The summed E-state index contributed by atoms with van der Waals surface area (Å²) in [6.45, 7) is 2.84. The first-order chi connectivity index (χ1) is 8.59. The zero-order valence-electron chi connectivity index (χ0n) is 10.6. The van der Waals surface area contributed by atoms with E-state index in [-0.39, 0.29) is 6.04 Å². The molecule has 6 heteroatoms. The molecule has 1 aromatic heterocycles. The van der Waals surface area contributed by atoms with Crippen molar-refractivity contribution >= 4 is 21.4 Å². The van der Waals surface area contributed by atoms with Gasteiger partial charge in [-0.25, -0.2) is 8.42 Å². The average Bonchev–Trinajstić information content (AvgIpc) is 3.00. The molecule has 1 aliphatic rings. The Morgan fingerprint density at radius 2 is 2.11 bits per heavy atom. The van der Waals surface area contributed by atoms with Gasteiger partial charge in [-0.3, -0.25) is 0 Å². The third-order valence-corrected chi connectivity index (χ3v) is 6.96. The van der Waals surface area contributed by atoms with Crippen LogP contribution in [0, 0.1) is 0 Å². The van der Waals surface area contributed by atoms with Gasteiger partial charge in [-0.15, -0.1) is 11.3 Å². The molecular formula is C12H20N2O2S2. The molecule has 4 nitrogen and oxygen atoms in total. The van der Waals surface area contributed by atoms with E-state index >= 15 is 0 Å². The van der Waals surface area contributed by atoms with E-state index in [1.807, 2.05) is 12.3 Å². The molecule has 0 spiro atoms. The van der Waals surface area contributed by atoms with Crippen molar-refractivity contribution in [3.8, 4) is 0 Å². The van der Waals surface area contributed by atoms with Crippen molar-refractivity contribution in [1.82, 2.24) is 4.31 Å². The molecule has 0 unspecified atom stereocenters. The Bertz CT molecular complexity index is 490. The molecule has 0 bridgehead atoms. The van der Waals surface area contributed by atoms with Crippen molar-refractivity contribution in [2.24, 2.45) is 5.73 Å². The lowest BCUT2D eigenvalue weighted by atomic mass is 10.2. The van der Waals surface area contributed by atoms with E-state index in [4.69, 9.17) is 5.73 Å². The van der Waals surface area contributed by atoms with Crippen LogP contribution in [0.4, 0.5) is 0 Å². The molecule has 2 rings (SSSR count). The molecule has 1 saturated carbocycles. The Balaban J connectivity index is 2.27. The van der Waals surface area contributed by atoms with E-state index in [0.29, 0.717) is 17.3 Å². The highest BCUT2D eigenvalue weighted by molar-refractivity contribution is 7.91. The number of nitrogens with zero attached hydrogens (tertiary/aromatic N) is 1. The Morgan fingerprint density at radius 1 is 1.44 bits per heavy atom. The molecule has 0 aromatic carbocycles. The molecule has 1 aliphatic carbocycles. The van der Waals surface area contributed by atoms with Gasteiger partial charge in [0.1, 0.15) is 4.21 Å². The van der Waals surface area contributed by atoms with Crippen LogP contribution in [0.15, 0.2) is 15.7 Å². The van der Waals surface area contributed by atoms with E-state index in [0.717, 1.165) is 31.2 Å². The van der Waals surface area contributed by atoms with Gasteiger partial charge in [0.05, 0.1) is 0 Å². The number of thiophene rings is 1. The summed E-state index contributed by atoms with van der Waals surface area (Å²) in [4.78, 5) is 0. The van der Waals surface area contributed by atoms with Crippen LogP contribution in [0.2, 0.25) is 0 Å². The maximum absolute atomic E-state index is 12.6. The molecule has 18 heavy (non-hydrogen) atoms. The molecule has 0 radical (unpaired) electrons. The van der Waals surface area contributed by atoms with E-state index in [9.17, 15) is 8.42 Å². The quantitative estimate of drug-likeness (QED) is 0.903. The van der Waals surface area contributed by atoms with E-state index in [1.54, 1.807) is 10.4 Å². The molecule has 102 valence electrons. The standard InChI is InChI=1S/C12H20N2O2S2/c1-2-14(11-5-3-4-6-11)18(15,16)12-7-10(8-13)9-17-12/h7,9,11H,2-6,8,13H2,1H3. The normalized spacial score (nSPS) is 17.7. The summed E-state index contributed by atoms with van der Waals surface area (Å²) in [6, 6.07) is 1.89. The minimum atomic E-state index is -3.33. The van der Waals surface area contributed by atoms with Crippen LogP contribution in [-0.4, -0.2) is 25.3 Å². The fraction of sp³-hybridized carbons (Fsp3) is 0.667. The topological polar surface area (TPSA) is 63.4 Å². The highest BCUT2D eigenvalue weighted by Crippen LogP contribution is 2.30. The second-order valence-electron chi connectivity index (χ2n) is 4.62. The van der Waals surface area contributed by atoms with Crippen molar-refractivity contribution in [1.29, 1.82) is 0 Å². The predicted molar refractivity (Wildman–Crippen MR) is 74.0 cm³/mol. The summed E-state index contributed by atoms with van der Waals surface area (Å²) in [7, 11) is -3.33. The number of rotatable bonds is 5. The lowest BCUT2D eigenvalue weighted by Gasteiger charge is -2.25. The minimum absolute atomic E-state index is 0.184. The predicted octanol–water partition coefficient (Wildman–Crippen LogP) is 2.16. The van der Waals surface area contributed by atoms with Crippen molar-refractivity contribution < 1.29 is 8.42 Å². The van der Waals surface area contributed by atoms with Gasteiger partial charge in [0.15, 0.2) is 0 Å². The summed E-state index contributed by atoms with van der Waals surface area (Å²) in [6.07, 6.45) is 4.24. The van der Waals surface area contributed by atoms with E-state index < -0.39 is 10.0 Å². The largest absolute Gasteiger partial charge is 0.326 e. The van der Waals surface area contributed by atoms with Gasteiger partial charge in [0.25, 0.3) is 10.0 Å². The number of nitrogens with two attached hydrogens (primary N) is 1. The summed E-state index contributed by atoms with van der Waals surface area (Å²) < 4.78 is 27.2. The number of sulfonamides is 1. The maximum Gasteiger partial charge on any atom is 0.252 e. The highest BCUT2D eigenvalue weighted by atomic mass is 32.2. The lowest BCUT2D eigenvalue weighted by Crippen LogP contribution is -2.38. The molecular weight excluding hydrogens is 268 g/mol. The summed E-state index contributed by atoms with van der Waals surface area (Å²) in [5, 5.41) is 1.83. The van der Waals surface area contributed by atoms with Crippen LogP contribution in [0.5, 0.6) is 0 Å². The summed E-state index contributed by atoms with van der Waals surface area (Å²) in [5.74, 6) is 0. The zero-order chi connectivity index (χ0) is 13.2. The highest BCUT2D eigenvalue weighted by Gasteiger charge is 2.32. The summed E-state index contributed by atoms with van der Waals surface area (Å²) in [5.41, 5.74) is 6.43.